The van der Waals surface area contributed by atoms with E-state index in [4.69, 9.17) is 9.84 Å². The van der Waals surface area contributed by atoms with E-state index in [0.29, 0.717) is 13.2 Å². The van der Waals surface area contributed by atoms with Crippen LogP contribution in [-0.2, 0) is 11.3 Å². The van der Waals surface area contributed by atoms with Gasteiger partial charge in [0.2, 0.25) is 0 Å². The number of aliphatic hydroxyl groups is 1. The molecule has 3 nitrogen and oxygen atoms in total. The lowest BCUT2D eigenvalue weighted by molar-refractivity contribution is -0.904. The van der Waals surface area contributed by atoms with Gasteiger partial charge < -0.3 is 14.3 Å². The molecule has 1 atom stereocenters. The first-order valence-corrected chi connectivity index (χ1v) is 6.11. The number of hydrogen-bond acceptors (Lipinski definition) is 2. The lowest BCUT2D eigenvalue weighted by Crippen LogP contribution is -2.41. The molecule has 0 aliphatic heterocycles. The molecule has 1 aromatic carbocycles. The number of rotatable bonds is 7. The van der Waals surface area contributed by atoms with Crippen LogP contribution in [0.15, 0.2) is 30.3 Å². The Morgan fingerprint density at radius 3 is 2.47 bits per heavy atom. The summed E-state index contributed by atoms with van der Waals surface area (Å²) in [5.41, 5.74) is 1.34. The largest absolute Gasteiger partial charge is 0.391 e. The molecule has 0 radical (unpaired) electrons. The highest BCUT2D eigenvalue weighted by Gasteiger charge is 2.15. The SMILES string of the molecule is CC(O)COCC[N+](C)(C)Cc1ccccc1. The maximum Gasteiger partial charge on any atom is 0.104 e. The Hall–Kier alpha value is -0.900. The Morgan fingerprint density at radius 2 is 1.88 bits per heavy atom. The maximum absolute atomic E-state index is 9.09. The fraction of sp³-hybridized carbons (Fsp3) is 0.571. The number of nitrogens with zero attached hydrogens (tertiary/aromatic N) is 1. The second kappa shape index (κ2) is 6.74. The highest BCUT2D eigenvalue weighted by atomic mass is 16.5. The van der Waals surface area contributed by atoms with E-state index in [1.54, 1.807) is 6.92 Å². The van der Waals surface area contributed by atoms with Crippen LogP contribution in [0.5, 0.6) is 0 Å². The van der Waals surface area contributed by atoms with Crippen LogP contribution in [0.3, 0.4) is 0 Å². The molecule has 1 unspecified atom stereocenters. The molecule has 0 aromatic heterocycles. The van der Waals surface area contributed by atoms with E-state index in [-0.39, 0.29) is 6.10 Å². The lowest BCUT2D eigenvalue weighted by atomic mass is 10.2. The molecular weight excluding hydrogens is 214 g/mol. The summed E-state index contributed by atoms with van der Waals surface area (Å²) < 4.78 is 6.30. The van der Waals surface area contributed by atoms with Crippen molar-refractivity contribution in [2.45, 2.75) is 19.6 Å². The molecule has 0 heterocycles. The molecular formula is C14H24NO2+. The Morgan fingerprint density at radius 1 is 1.24 bits per heavy atom. The van der Waals surface area contributed by atoms with Crippen LogP contribution in [0.25, 0.3) is 0 Å². The van der Waals surface area contributed by atoms with E-state index in [0.717, 1.165) is 17.6 Å². The Bertz CT molecular complexity index is 309. The van der Waals surface area contributed by atoms with Crippen molar-refractivity contribution in [3.8, 4) is 0 Å². The summed E-state index contributed by atoms with van der Waals surface area (Å²) in [6.45, 7) is 4.79. The van der Waals surface area contributed by atoms with Crippen molar-refractivity contribution in [2.75, 3.05) is 33.9 Å². The first-order valence-electron chi connectivity index (χ1n) is 6.11. The number of likely N-dealkylation sites (N-methyl/N-ethyl adjacent to an activating group) is 1. The van der Waals surface area contributed by atoms with Gasteiger partial charge in [-0.05, 0) is 6.92 Å². The Kier molecular flexibility index (Phi) is 5.62. The average Bonchev–Trinajstić information content (AvgIpc) is 2.25. The van der Waals surface area contributed by atoms with Gasteiger partial charge in [0.1, 0.15) is 13.1 Å². The van der Waals surface area contributed by atoms with Crippen molar-refractivity contribution in [3.05, 3.63) is 35.9 Å². The van der Waals surface area contributed by atoms with Crippen molar-refractivity contribution in [1.82, 2.24) is 0 Å². The molecule has 0 fully saturated rings. The fourth-order valence-electron chi connectivity index (χ4n) is 1.72. The van der Waals surface area contributed by atoms with Gasteiger partial charge in [-0.1, -0.05) is 30.3 Å². The van der Waals surface area contributed by atoms with E-state index >= 15 is 0 Å². The topological polar surface area (TPSA) is 29.5 Å². The van der Waals surface area contributed by atoms with E-state index in [1.807, 2.05) is 6.07 Å². The third-order valence-electron chi connectivity index (χ3n) is 2.65. The molecule has 17 heavy (non-hydrogen) atoms. The van der Waals surface area contributed by atoms with Crippen LogP contribution in [-0.4, -0.2) is 49.5 Å². The highest BCUT2D eigenvalue weighted by Crippen LogP contribution is 2.08. The van der Waals surface area contributed by atoms with Crippen molar-refractivity contribution in [1.29, 1.82) is 0 Å². The highest BCUT2D eigenvalue weighted by molar-refractivity contribution is 5.13. The van der Waals surface area contributed by atoms with E-state index in [9.17, 15) is 0 Å². The molecule has 0 spiro atoms. The van der Waals surface area contributed by atoms with Gasteiger partial charge in [0.15, 0.2) is 0 Å². The molecule has 1 aromatic rings. The van der Waals surface area contributed by atoms with Gasteiger partial charge in [-0.15, -0.1) is 0 Å². The van der Waals surface area contributed by atoms with Gasteiger partial charge in [0.05, 0.1) is 33.4 Å². The predicted octanol–water partition coefficient (Wildman–Crippen LogP) is 1.66. The van der Waals surface area contributed by atoms with Gasteiger partial charge in [0.25, 0.3) is 0 Å². The summed E-state index contributed by atoms with van der Waals surface area (Å²) in [4.78, 5) is 0. The standard InChI is InChI=1S/C14H24NO2/c1-13(16)12-17-10-9-15(2,3)11-14-7-5-4-6-8-14/h4-8,13,16H,9-12H2,1-3H3/q+1. The minimum Gasteiger partial charge on any atom is -0.391 e. The third-order valence-corrected chi connectivity index (χ3v) is 2.65. The summed E-state index contributed by atoms with van der Waals surface area (Å²) in [6, 6.07) is 10.5. The van der Waals surface area contributed by atoms with Crippen LogP contribution >= 0.6 is 0 Å². The quantitative estimate of drug-likeness (QED) is 0.578. The molecule has 0 aliphatic rings. The number of ether oxygens (including phenoxy) is 1. The number of quaternary nitrogens is 1. The summed E-state index contributed by atoms with van der Waals surface area (Å²) in [6.07, 6.45) is -0.375. The van der Waals surface area contributed by atoms with Crippen LogP contribution in [0.2, 0.25) is 0 Å². The molecule has 1 rings (SSSR count). The lowest BCUT2D eigenvalue weighted by Gasteiger charge is -2.29. The first kappa shape index (κ1) is 14.2. The molecule has 0 bridgehead atoms. The summed E-state index contributed by atoms with van der Waals surface area (Å²) in [5, 5.41) is 9.09. The third kappa shape index (κ3) is 6.41. The molecule has 1 N–H and O–H groups in total. The normalized spacial score (nSPS) is 13.6. The second-order valence-corrected chi connectivity index (χ2v) is 5.23. The monoisotopic (exact) mass is 238 g/mol. The van der Waals surface area contributed by atoms with Crippen molar-refractivity contribution < 1.29 is 14.3 Å². The minimum absolute atomic E-state index is 0.375. The zero-order chi connectivity index (χ0) is 12.7. The minimum atomic E-state index is -0.375. The second-order valence-electron chi connectivity index (χ2n) is 5.23. The Labute approximate surface area is 104 Å². The van der Waals surface area contributed by atoms with Gasteiger partial charge in [-0.25, -0.2) is 0 Å². The molecule has 3 heteroatoms. The molecule has 0 aliphatic carbocycles. The van der Waals surface area contributed by atoms with E-state index in [1.165, 1.54) is 5.56 Å². The van der Waals surface area contributed by atoms with Crippen LogP contribution < -0.4 is 0 Å². The van der Waals surface area contributed by atoms with E-state index < -0.39 is 0 Å². The predicted molar refractivity (Wildman–Crippen MR) is 69.6 cm³/mol. The summed E-state index contributed by atoms with van der Waals surface area (Å²) >= 11 is 0. The summed E-state index contributed by atoms with van der Waals surface area (Å²) in [5.74, 6) is 0. The molecule has 0 amide bonds. The molecule has 0 saturated carbocycles. The van der Waals surface area contributed by atoms with Crippen molar-refractivity contribution in [3.63, 3.8) is 0 Å². The van der Waals surface area contributed by atoms with Crippen molar-refractivity contribution in [2.24, 2.45) is 0 Å². The summed E-state index contributed by atoms with van der Waals surface area (Å²) in [7, 11) is 4.39. The van der Waals surface area contributed by atoms with Crippen LogP contribution in [0.4, 0.5) is 0 Å². The zero-order valence-electron chi connectivity index (χ0n) is 11.1. The Balaban J connectivity index is 2.31. The number of benzene rings is 1. The first-order chi connectivity index (χ1) is 7.99. The van der Waals surface area contributed by atoms with Crippen LogP contribution in [0.1, 0.15) is 12.5 Å². The molecule has 0 saturated heterocycles. The van der Waals surface area contributed by atoms with Gasteiger partial charge in [-0.3, -0.25) is 0 Å². The number of hydrogen-bond donors (Lipinski definition) is 1. The van der Waals surface area contributed by atoms with E-state index in [2.05, 4.69) is 38.4 Å². The van der Waals surface area contributed by atoms with Gasteiger partial charge >= 0.3 is 0 Å². The molecule has 96 valence electrons. The van der Waals surface area contributed by atoms with Gasteiger partial charge in [-0.2, -0.15) is 0 Å². The van der Waals surface area contributed by atoms with Gasteiger partial charge in [0, 0.05) is 5.56 Å². The number of aliphatic hydroxyl groups excluding tert-OH is 1. The van der Waals surface area contributed by atoms with Crippen molar-refractivity contribution >= 4 is 0 Å². The average molecular weight is 238 g/mol. The maximum atomic E-state index is 9.09. The zero-order valence-corrected chi connectivity index (χ0v) is 11.1. The smallest absolute Gasteiger partial charge is 0.104 e. The van der Waals surface area contributed by atoms with Crippen LogP contribution in [0, 0.1) is 0 Å². The fourth-order valence-corrected chi connectivity index (χ4v) is 1.72.